The summed E-state index contributed by atoms with van der Waals surface area (Å²) in [6, 6.07) is -2.49. The standard InChI is InChI=1S/C51H82N6O6/c1-10-13-16-19-22-25-28-52-49(61)43(31-37(4)5)55-46(58)40-34-41(47(59)56-44(32-38(6)7)50(62)53-29-26-23-20-17-14-11-2)36-42(35-40)48(60)57-45(33-39(8)9)51(63)54-30-27-24-21-18-15-12-3/h28,37-45H,1,11-12,14-15,17-18,20-21,23-24,26-27,29-36H2,2-9H3,(H,52,61)(H,53,62)(H,54,63)(H,55,58)(H,56,59)(H,57,60)/t40?,41-,42+,43-,44-,45-/m0/s1. The van der Waals surface area contributed by atoms with Gasteiger partial charge in [-0.1, -0.05) is 125 Å². The predicted octanol–water partition coefficient (Wildman–Crippen LogP) is 7.76. The summed E-state index contributed by atoms with van der Waals surface area (Å²) >= 11 is 0. The van der Waals surface area contributed by atoms with Crippen LogP contribution in [0.15, 0.2) is 47.2 Å². The lowest BCUT2D eigenvalue weighted by Gasteiger charge is -2.35. The molecule has 0 aliphatic heterocycles. The predicted molar refractivity (Wildman–Crippen MR) is 251 cm³/mol. The van der Waals surface area contributed by atoms with Crippen LogP contribution in [0.2, 0.25) is 0 Å². The van der Waals surface area contributed by atoms with Crippen LogP contribution in [0.4, 0.5) is 0 Å². The molecule has 0 aromatic heterocycles. The Balaban J connectivity index is 3.38. The van der Waals surface area contributed by atoms with E-state index in [4.69, 9.17) is 0 Å². The van der Waals surface area contributed by atoms with Crippen molar-refractivity contribution in [1.29, 1.82) is 0 Å². The lowest BCUT2D eigenvalue weighted by atomic mass is 9.73. The number of hydrogen-bond acceptors (Lipinski definition) is 6. The van der Waals surface area contributed by atoms with E-state index in [1.54, 1.807) is 0 Å². The Morgan fingerprint density at radius 1 is 0.508 bits per heavy atom. The molecule has 12 nitrogen and oxygen atoms in total. The minimum Gasteiger partial charge on any atom is -0.354 e. The Kier molecular flexibility index (Phi) is 30.1. The number of nitrogens with one attached hydrogen (secondary N) is 6. The van der Waals surface area contributed by atoms with Gasteiger partial charge in [0.05, 0.1) is 6.20 Å². The fraction of sp³-hybridized carbons (Fsp3) is 0.725. The molecule has 1 saturated carbocycles. The van der Waals surface area contributed by atoms with Gasteiger partial charge in [0.2, 0.25) is 35.4 Å². The molecule has 352 valence electrons. The molecule has 1 aliphatic rings. The molecule has 6 atom stereocenters. The van der Waals surface area contributed by atoms with E-state index >= 15 is 0 Å². The first-order chi connectivity index (χ1) is 30.1. The third-order valence-electron chi connectivity index (χ3n) is 11.1. The molecule has 12 heteroatoms. The largest absolute Gasteiger partial charge is 0.354 e. The van der Waals surface area contributed by atoms with Crippen molar-refractivity contribution in [3.05, 3.63) is 47.2 Å². The number of hydrogen-bond donors (Lipinski definition) is 6. The van der Waals surface area contributed by atoms with Crippen molar-refractivity contribution in [3.63, 3.8) is 0 Å². The smallest absolute Gasteiger partial charge is 0.246 e. The first-order valence-electron chi connectivity index (χ1n) is 24.0. The van der Waals surface area contributed by atoms with Gasteiger partial charge < -0.3 is 31.9 Å². The summed E-state index contributed by atoms with van der Waals surface area (Å²) in [6.45, 7) is 20.6. The maximum absolute atomic E-state index is 14.2. The van der Waals surface area contributed by atoms with Gasteiger partial charge >= 0.3 is 0 Å². The first-order valence-corrected chi connectivity index (χ1v) is 24.0. The van der Waals surface area contributed by atoms with E-state index in [1.165, 1.54) is 31.9 Å². The van der Waals surface area contributed by atoms with Gasteiger partial charge in [-0.3, -0.25) is 28.8 Å². The normalized spacial score (nSPS) is 17.0. The molecule has 1 fully saturated rings. The molecule has 0 heterocycles. The summed E-state index contributed by atoms with van der Waals surface area (Å²) in [5.41, 5.74) is 15.1. The van der Waals surface area contributed by atoms with Crippen molar-refractivity contribution < 1.29 is 28.8 Å². The Labute approximate surface area is 379 Å². The van der Waals surface area contributed by atoms with Gasteiger partial charge in [-0.05, 0) is 104 Å². The van der Waals surface area contributed by atoms with Crippen LogP contribution in [-0.2, 0) is 28.8 Å². The summed E-state index contributed by atoms with van der Waals surface area (Å²) in [4.78, 5) is 82.8. The van der Waals surface area contributed by atoms with E-state index in [9.17, 15) is 28.8 Å². The molecule has 0 saturated heterocycles. The highest BCUT2D eigenvalue weighted by molar-refractivity contribution is 5.93. The van der Waals surface area contributed by atoms with Gasteiger partial charge in [0.1, 0.15) is 18.1 Å². The number of unbranched alkanes of at least 4 members (excludes halogenated alkanes) is 10. The molecule has 1 aliphatic carbocycles. The van der Waals surface area contributed by atoms with Crippen molar-refractivity contribution in [2.24, 2.45) is 35.5 Å². The molecule has 63 heavy (non-hydrogen) atoms. The number of carbonyl (C=O) groups is 6. The van der Waals surface area contributed by atoms with Crippen molar-refractivity contribution in [3.8, 4) is 0 Å². The zero-order chi connectivity index (χ0) is 47.0. The average molecular weight is 875 g/mol. The topological polar surface area (TPSA) is 175 Å². The Morgan fingerprint density at radius 3 is 1.22 bits per heavy atom. The maximum Gasteiger partial charge on any atom is 0.246 e. The van der Waals surface area contributed by atoms with E-state index in [0.717, 1.165) is 51.4 Å². The number of rotatable bonds is 30. The highest BCUT2D eigenvalue weighted by atomic mass is 16.2. The van der Waals surface area contributed by atoms with Gasteiger partial charge in [0.25, 0.3) is 0 Å². The number of amides is 6. The lowest BCUT2D eigenvalue weighted by molar-refractivity contribution is -0.139. The van der Waals surface area contributed by atoms with Crippen LogP contribution in [0.3, 0.4) is 0 Å². The van der Waals surface area contributed by atoms with Gasteiger partial charge in [0.15, 0.2) is 0 Å². The third kappa shape index (κ3) is 25.8. The molecular formula is C51H82N6O6. The Morgan fingerprint density at radius 2 is 0.857 bits per heavy atom. The zero-order valence-corrected chi connectivity index (χ0v) is 40.1. The average Bonchev–Trinajstić information content (AvgIpc) is 3.23. The van der Waals surface area contributed by atoms with Crippen LogP contribution < -0.4 is 31.9 Å². The second-order valence-electron chi connectivity index (χ2n) is 18.5. The highest BCUT2D eigenvalue weighted by Crippen LogP contribution is 2.35. The summed E-state index contributed by atoms with van der Waals surface area (Å²) in [7, 11) is 0. The van der Waals surface area contributed by atoms with Crippen LogP contribution in [-0.4, -0.2) is 66.7 Å². The molecule has 1 rings (SSSR count). The Bertz CT molecular complexity index is 1600. The molecule has 1 unspecified atom stereocenters. The van der Waals surface area contributed by atoms with E-state index in [2.05, 4.69) is 86.7 Å². The van der Waals surface area contributed by atoms with E-state index in [1.807, 2.05) is 41.5 Å². The number of carbonyl (C=O) groups excluding carboxylic acids is 6. The fourth-order valence-electron chi connectivity index (χ4n) is 7.81. The molecule has 6 N–H and O–H groups in total. The maximum atomic E-state index is 14.2. The van der Waals surface area contributed by atoms with E-state index < -0.39 is 59.5 Å². The zero-order valence-electron chi connectivity index (χ0n) is 40.1. The fourth-order valence-corrected chi connectivity index (χ4v) is 7.81. The van der Waals surface area contributed by atoms with Crippen LogP contribution in [0.1, 0.15) is 171 Å². The van der Waals surface area contributed by atoms with Crippen molar-refractivity contribution in [1.82, 2.24) is 31.9 Å². The molecular weight excluding hydrogens is 793 g/mol. The summed E-state index contributed by atoms with van der Waals surface area (Å²) < 4.78 is 0. The second-order valence-corrected chi connectivity index (χ2v) is 18.5. The van der Waals surface area contributed by atoms with Crippen LogP contribution in [0.5, 0.6) is 0 Å². The van der Waals surface area contributed by atoms with E-state index in [-0.39, 0.29) is 48.8 Å². The minimum absolute atomic E-state index is 0.0397. The van der Waals surface area contributed by atoms with Crippen LogP contribution in [0, 0.1) is 35.5 Å². The molecule has 6 amide bonds. The van der Waals surface area contributed by atoms with Gasteiger partial charge in [-0.2, -0.15) is 0 Å². The lowest BCUT2D eigenvalue weighted by Crippen LogP contribution is -2.54. The molecule has 0 aromatic carbocycles. The molecule has 0 spiro atoms. The monoisotopic (exact) mass is 875 g/mol. The van der Waals surface area contributed by atoms with Crippen molar-refractivity contribution in [2.75, 3.05) is 13.1 Å². The van der Waals surface area contributed by atoms with Crippen molar-refractivity contribution >= 4 is 35.4 Å². The van der Waals surface area contributed by atoms with Gasteiger partial charge in [-0.25, -0.2) is 0 Å². The van der Waals surface area contributed by atoms with E-state index in [0.29, 0.717) is 32.4 Å². The van der Waals surface area contributed by atoms with Gasteiger partial charge in [0, 0.05) is 30.8 Å². The van der Waals surface area contributed by atoms with Crippen LogP contribution >= 0.6 is 0 Å². The van der Waals surface area contributed by atoms with Gasteiger partial charge in [-0.15, -0.1) is 0 Å². The molecule has 0 bridgehead atoms. The quantitative estimate of drug-likeness (QED) is 0.0318. The SMILES string of the molecule is C=C=C=C=C=C=C=CNC(=O)[C@H](CC(C)C)NC(=O)C1C[C@@H](C(=O)N[C@@H](CC(C)C)C(=O)NCCCCCCCC)C[C@@H](C(=O)N[C@@H](CC(C)C)C(=O)NCCCCCCCC)C1. The third-order valence-corrected chi connectivity index (χ3v) is 11.1. The van der Waals surface area contributed by atoms with Crippen LogP contribution in [0.25, 0.3) is 0 Å². The summed E-state index contributed by atoms with van der Waals surface area (Å²) in [5, 5.41) is 17.5. The second kappa shape index (κ2) is 33.8. The molecule has 0 radical (unpaired) electrons. The molecule has 0 aromatic rings. The summed E-state index contributed by atoms with van der Waals surface area (Å²) in [5.74, 6) is -4.37. The summed E-state index contributed by atoms with van der Waals surface area (Å²) in [6.07, 6.45) is 15.8. The highest BCUT2D eigenvalue weighted by Gasteiger charge is 2.41. The Hall–Kier alpha value is -4.76. The van der Waals surface area contributed by atoms with Crippen molar-refractivity contribution in [2.45, 2.75) is 189 Å². The first kappa shape index (κ1) is 56.3. The minimum atomic E-state index is -0.920.